The molecular weight excluding hydrogens is 359 g/mol. The molecule has 0 radical (unpaired) electrons. The molecule has 0 aromatic heterocycles. The van der Waals surface area contributed by atoms with Gasteiger partial charge in [-0.25, -0.2) is 0 Å². The first-order valence-electron chi connectivity index (χ1n) is 7.93. The minimum Gasteiger partial charge on any atom is -0.352 e. The third-order valence-corrected chi connectivity index (χ3v) is 4.55. The molecule has 2 amide bonds. The Morgan fingerprint density at radius 2 is 1.84 bits per heavy atom. The molecule has 2 rings (SSSR count). The van der Waals surface area contributed by atoms with Gasteiger partial charge in [-0.15, -0.1) is 0 Å². The van der Waals surface area contributed by atoms with Gasteiger partial charge in [0.05, 0.1) is 15.7 Å². The Morgan fingerprint density at radius 3 is 2.52 bits per heavy atom. The Labute approximate surface area is 157 Å². The fourth-order valence-electron chi connectivity index (χ4n) is 2.47. The van der Waals surface area contributed by atoms with E-state index in [1.54, 1.807) is 18.2 Å². The van der Waals surface area contributed by atoms with Crippen LogP contribution in [0.25, 0.3) is 0 Å². The summed E-state index contributed by atoms with van der Waals surface area (Å²) in [5.41, 5.74) is 2.69. The second kappa shape index (κ2) is 8.88. The number of amides is 2. The largest absolute Gasteiger partial charge is 0.352 e. The average molecular weight is 379 g/mol. The number of carbonyl (C=O) groups is 2. The van der Waals surface area contributed by atoms with Crippen molar-refractivity contribution in [2.24, 2.45) is 0 Å². The van der Waals surface area contributed by atoms with Gasteiger partial charge in [0, 0.05) is 26.4 Å². The van der Waals surface area contributed by atoms with Crippen molar-refractivity contribution in [2.45, 2.75) is 26.8 Å². The van der Waals surface area contributed by atoms with Crippen LogP contribution in [0.4, 0.5) is 5.69 Å². The number of benzene rings is 2. The van der Waals surface area contributed by atoms with Gasteiger partial charge in [0.15, 0.2) is 0 Å². The highest BCUT2D eigenvalue weighted by molar-refractivity contribution is 6.44. The molecule has 0 aliphatic heterocycles. The highest BCUT2D eigenvalue weighted by Gasteiger charge is 2.17. The minimum absolute atomic E-state index is 0.133. The highest BCUT2D eigenvalue weighted by Crippen LogP contribution is 2.32. The van der Waals surface area contributed by atoms with E-state index in [1.807, 2.05) is 31.2 Å². The minimum atomic E-state index is -0.198. The standard InChI is InChI=1S/C19H20Cl2N2O2/c1-13-5-3-6-15(11-13)12-22-18(25)9-10-23(14(2)24)17-8-4-7-16(20)19(17)21/h3-8,11H,9-10,12H2,1-2H3,(H,22,25). The molecule has 0 saturated carbocycles. The van der Waals surface area contributed by atoms with Gasteiger partial charge in [-0.05, 0) is 24.6 Å². The summed E-state index contributed by atoms with van der Waals surface area (Å²) in [6, 6.07) is 13.0. The van der Waals surface area contributed by atoms with Crippen molar-refractivity contribution in [1.82, 2.24) is 5.32 Å². The number of hydrogen-bond acceptors (Lipinski definition) is 2. The van der Waals surface area contributed by atoms with Crippen molar-refractivity contribution in [2.75, 3.05) is 11.4 Å². The molecular formula is C19H20Cl2N2O2. The van der Waals surface area contributed by atoms with E-state index in [9.17, 15) is 9.59 Å². The van der Waals surface area contributed by atoms with Crippen LogP contribution in [-0.2, 0) is 16.1 Å². The summed E-state index contributed by atoms with van der Waals surface area (Å²) in [5, 5.41) is 3.54. The van der Waals surface area contributed by atoms with Gasteiger partial charge < -0.3 is 10.2 Å². The maximum atomic E-state index is 12.1. The van der Waals surface area contributed by atoms with Crippen LogP contribution in [0.5, 0.6) is 0 Å². The molecule has 6 heteroatoms. The van der Waals surface area contributed by atoms with Crippen molar-refractivity contribution in [3.63, 3.8) is 0 Å². The van der Waals surface area contributed by atoms with E-state index < -0.39 is 0 Å². The Balaban J connectivity index is 1.95. The fraction of sp³-hybridized carbons (Fsp3) is 0.263. The monoisotopic (exact) mass is 378 g/mol. The Hall–Kier alpha value is -2.04. The molecule has 0 saturated heterocycles. The van der Waals surface area contributed by atoms with Crippen molar-refractivity contribution >= 4 is 40.7 Å². The summed E-state index contributed by atoms with van der Waals surface area (Å²) in [6.45, 7) is 4.13. The van der Waals surface area contributed by atoms with Crippen LogP contribution in [0.1, 0.15) is 24.5 Å². The Kier molecular flexibility index (Phi) is 6.85. The second-order valence-corrected chi connectivity index (χ2v) is 6.54. The molecule has 4 nitrogen and oxygen atoms in total. The summed E-state index contributed by atoms with van der Waals surface area (Å²) in [7, 11) is 0. The number of hydrogen-bond donors (Lipinski definition) is 1. The zero-order valence-electron chi connectivity index (χ0n) is 14.2. The van der Waals surface area contributed by atoms with E-state index in [0.29, 0.717) is 22.3 Å². The SMILES string of the molecule is CC(=O)N(CCC(=O)NCc1cccc(C)c1)c1cccc(Cl)c1Cl. The number of nitrogens with one attached hydrogen (secondary N) is 1. The topological polar surface area (TPSA) is 49.4 Å². The number of aryl methyl sites for hydroxylation is 1. The fourth-order valence-corrected chi connectivity index (χ4v) is 2.87. The van der Waals surface area contributed by atoms with Gasteiger partial charge in [0.2, 0.25) is 11.8 Å². The third-order valence-electron chi connectivity index (χ3n) is 3.74. The van der Waals surface area contributed by atoms with Crippen molar-refractivity contribution < 1.29 is 9.59 Å². The molecule has 0 fully saturated rings. The van der Waals surface area contributed by atoms with E-state index in [4.69, 9.17) is 23.2 Å². The van der Waals surface area contributed by atoms with Crippen LogP contribution in [0.3, 0.4) is 0 Å². The first-order valence-corrected chi connectivity index (χ1v) is 8.68. The lowest BCUT2D eigenvalue weighted by molar-refractivity contribution is -0.121. The summed E-state index contributed by atoms with van der Waals surface area (Å²) in [5.74, 6) is -0.332. The molecule has 1 N–H and O–H groups in total. The van der Waals surface area contributed by atoms with E-state index in [2.05, 4.69) is 5.32 Å². The number of rotatable bonds is 6. The number of carbonyl (C=O) groups excluding carboxylic acids is 2. The van der Waals surface area contributed by atoms with Gasteiger partial charge in [0.25, 0.3) is 0 Å². The summed E-state index contributed by atoms with van der Waals surface area (Å²) in [4.78, 5) is 25.5. The number of halogens is 2. The van der Waals surface area contributed by atoms with Crippen LogP contribution >= 0.6 is 23.2 Å². The van der Waals surface area contributed by atoms with Crippen molar-refractivity contribution in [3.8, 4) is 0 Å². The molecule has 0 atom stereocenters. The van der Waals surface area contributed by atoms with E-state index in [0.717, 1.165) is 11.1 Å². The van der Waals surface area contributed by atoms with Gasteiger partial charge in [-0.3, -0.25) is 9.59 Å². The Morgan fingerprint density at radius 1 is 1.12 bits per heavy atom. The van der Waals surface area contributed by atoms with Crippen LogP contribution in [-0.4, -0.2) is 18.4 Å². The first kappa shape index (κ1) is 19.3. The van der Waals surface area contributed by atoms with Gasteiger partial charge >= 0.3 is 0 Å². The molecule has 132 valence electrons. The second-order valence-electron chi connectivity index (χ2n) is 5.76. The molecule has 0 spiro atoms. The average Bonchev–Trinajstić information content (AvgIpc) is 2.56. The van der Waals surface area contributed by atoms with Crippen molar-refractivity contribution in [3.05, 3.63) is 63.6 Å². The van der Waals surface area contributed by atoms with E-state index in [1.165, 1.54) is 11.8 Å². The molecule has 0 bridgehead atoms. The zero-order chi connectivity index (χ0) is 18.4. The predicted molar refractivity (Wildman–Crippen MR) is 102 cm³/mol. The van der Waals surface area contributed by atoms with Gasteiger partial charge in [-0.2, -0.15) is 0 Å². The first-order chi connectivity index (χ1) is 11.9. The van der Waals surface area contributed by atoms with Crippen LogP contribution < -0.4 is 10.2 Å². The normalized spacial score (nSPS) is 10.4. The smallest absolute Gasteiger partial charge is 0.223 e. The predicted octanol–water partition coefficient (Wildman–Crippen LogP) is 4.36. The quantitative estimate of drug-likeness (QED) is 0.811. The van der Waals surface area contributed by atoms with E-state index in [-0.39, 0.29) is 24.8 Å². The molecule has 25 heavy (non-hydrogen) atoms. The summed E-state index contributed by atoms with van der Waals surface area (Å²) in [6.07, 6.45) is 0.175. The lowest BCUT2D eigenvalue weighted by atomic mass is 10.1. The zero-order valence-corrected chi connectivity index (χ0v) is 15.7. The van der Waals surface area contributed by atoms with E-state index >= 15 is 0 Å². The molecule has 0 unspecified atom stereocenters. The summed E-state index contributed by atoms with van der Waals surface area (Å²) < 4.78 is 0. The van der Waals surface area contributed by atoms with Gasteiger partial charge in [0.1, 0.15) is 0 Å². The van der Waals surface area contributed by atoms with Crippen LogP contribution in [0, 0.1) is 6.92 Å². The molecule has 0 aliphatic rings. The lowest BCUT2D eigenvalue weighted by Gasteiger charge is -2.22. The Bertz CT molecular complexity index is 778. The number of anilines is 1. The molecule has 2 aromatic carbocycles. The maximum absolute atomic E-state index is 12.1. The number of nitrogens with zero attached hydrogens (tertiary/aromatic N) is 1. The highest BCUT2D eigenvalue weighted by atomic mass is 35.5. The lowest BCUT2D eigenvalue weighted by Crippen LogP contribution is -2.34. The van der Waals surface area contributed by atoms with Gasteiger partial charge in [-0.1, -0.05) is 59.1 Å². The maximum Gasteiger partial charge on any atom is 0.223 e. The van der Waals surface area contributed by atoms with Crippen LogP contribution in [0.15, 0.2) is 42.5 Å². The van der Waals surface area contributed by atoms with Crippen molar-refractivity contribution in [1.29, 1.82) is 0 Å². The molecule has 2 aromatic rings. The third kappa shape index (κ3) is 5.48. The van der Waals surface area contributed by atoms with Crippen LogP contribution in [0.2, 0.25) is 10.0 Å². The summed E-state index contributed by atoms with van der Waals surface area (Å²) >= 11 is 12.2. The molecule has 0 heterocycles. The molecule has 0 aliphatic carbocycles.